The average Bonchev–Trinajstić information content (AvgIpc) is 2.73. The van der Waals surface area contributed by atoms with Gasteiger partial charge < -0.3 is 9.64 Å². The summed E-state index contributed by atoms with van der Waals surface area (Å²) in [5.41, 5.74) is -1.29. The lowest BCUT2D eigenvalue weighted by molar-refractivity contribution is -0.385. The van der Waals surface area contributed by atoms with E-state index in [-0.39, 0.29) is 30.2 Å². The van der Waals surface area contributed by atoms with Gasteiger partial charge >= 0.3 is 5.69 Å². The van der Waals surface area contributed by atoms with Crippen LogP contribution in [-0.2, 0) is 14.6 Å². The summed E-state index contributed by atoms with van der Waals surface area (Å²) in [6, 6.07) is 6.10. The third-order valence-corrected chi connectivity index (χ3v) is 7.04. The molecular formula is C18H18FN5O5S2. The van der Waals surface area contributed by atoms with Gasteiger partial charge in [-0.15, -0.1) is 0 Å². The number of nitro groups is 1. The maximum atomic E-state index is 14.2. The van der Waals surface area contributed by atoms with Gasteiger partial charge in [0, 0.05) is 13.1 Å². The Bertz CT molecular complexity index is 1150. The van der Waals surface area contributed by atoms with Crippen LogP contribution in [-0.4, -0.2) is 55.4 Å². The van der Waals surface area contributed by atoms with Crippen LogP contribution in [0.3, 0.4) is 0 Å². The topological polar surface area (TPSA) is 139 Å². The maximum absolute atomic E-state index is 14.2. The third kappa shape index (κ3) is 4.46. The first-order valence-corrected chi connectivity index (χ1v) is 11.8. The molecule has 2 atom stereocenters. The van der Waals surface area contributed by atoms with E-state index in [1.807, 2.05) is 0 Å². The zero-order valence-electron chi connectivity index (χ0n) is 16.6. The van der Waals surface area contributed by atoms with Crippen molar-refractivity contribution in [3.8, 4) is 6.07 Å². The molecule has 2 aromatic rings. The highest BCUT2D eigenvalue weighted by atomic mass is 32.2. The molecule has 1 aromatic heterocycles. The lowest BCUT2D eigenvalue weighted by atomic mass is 10.2. The van der Waals surface area contributed by atoms with Crippen LogP contribution in [0, 0.1) is 27.3 Å². The number of sulfone groups is 1. The fourth-order valence-electron chi connectivity index (χ4n) is 3.20. The van der Waals surface area contributed by atoms with Gasteiger partial charge in [0.25, 0.3) is 0 Å². The van der Waals surface area contributed by atoms with Crippen molar-refractivity contribution in [1.29, 1.82) is 5.26 Å². The molecule has 1 saturated heterocycles. The molecule has 0 amide bonds. The van der Waals surface area contributed by atoms with Gasteiger partial charge in [0.2, 0.25) is 20.9 Å². The van der Waals surface area contributed by atoms with E-state index in [4.69, 9.17) is 4.74 Å². The van der Waals surface area contributed by atoms with Crippen molar-refractivity contribution in [3.05, 3.63) is 45.9 Å². The number of thioether (sulfide) groups is 1. The zero-order valence-corrected chi connectivity index (χ0v) is 18.2. The second-order valence-electron chi connectivity index (χ2n) is 6.64. The molecule has 3 rings (SSSR count). The largest absolute Gasteiger partial charge is 0.375 e. The van der Waals surface area contributed by atoms with Crippen LogP contribution in [0.15, 0.2) is 34.3 Å². The standard InChI is InChI=1S/C18H18FN5O5S2/c1-11-10-23(7-8-29-11)17-16(24(25)26)15(21-18(22-17)30-2)14(9-20)31(27,28)13-6-4-3-5-12(13)19/h3-6,11,14H,7-8,10H2,1-2H3. The summed E-state index contributed by atoms with van der Waals surface area (Å²) in [5.74, 6) is -1.16. The van der Waals surface area contributed by atoms with Crippen LogP contribution in [0.4, 0.5) is 15.9 Å². The van der Waals surface area contributed by atoms with E-state index in [2.05, 4.69) is 9.97 Å². The summed E-state index contributed by atoms with van der Waals surface area (Å²) in [7, 11) is -4.66. The molecule has 13 heteroatoms. The Kier molecular flexibility index (Phi) is 6.73. The normalized spacial score (nSPS) is 17.7. The number of hydrogen-bond donors (Lipinski definition) is 0. The summed E-state index contributed by atoms with van der Waals surface area (Å²) >= 11 is 1.04. The van der Waals surface area contributed by atoms with Gasteiger partial charge in [0.05, 0.1) is 23.7 Å². The minimum Gasteiger partial charge on any atom is -0.375 e. The molecule has 2 heterocycles. The fraction of sp³-hybridized carbons (Fsp3) is 0.389. The van der Waals surface area contributed by atoms with E-state index < -0.39 is 42.1 Å². The Morgan fingerprint density at radius 1 is 1.42 bits per heavy atom. The molecule has 31 heavy (non-hydrogen) atoms. The van der Waals surface area contributed by atoms with E-state index in [9.17, 15) is 28.2 Å². The molecule has 10 nitrogen and oxygen atoms in total. The molecule has 0 spiro atoms. The Morgan fingerprint density at radius 2 is 2.13 bits per heavy atom. The molecule has 1 aromatic carbocycles. The Balaban J connectivity index is 2.26. The molecular weight excluding hydrogens is 449 g/mol. The summed E-state index contributed by atoms with van der Waals surface area (Å²) in [4.78, 5) is 20.3. The number of nitrogens with zero attached hydrogens (tertiary/aromatic N) is 5. The highest BCUT2D eigenvalue weighted by Gasteiger charge is 2.41. The predicted molar refractivity (Wildman–Crippen MR) is 110 cm³/mol. The summed E-state index contributed by atoms with van der Waals surface area (Å²) in [6.07, 6.45) is 1.38. The zero-order chi connectivity index (χ0) is 22.8. The quantitative estimate of drug-likeness (QED) is 0.269. The SMILES string of the molecule is CSc1nc(C(C#N)S(=O)(=O)c2ccccc2F)c([N+](=O)[O-])c(N2CCOC(C)C2)n1. The highest BCUT2D eigenvalue weighted by molar-refractivity contribution is 7.98. The van der Waals surface area contributed by atoms with Crippen LogP contribution < -0.4 is 4.90 Å². The number of halogens is 1. The molecule has 1 aliphatic rings. The number of nitriles is 1. The van der Waals surface area contributed by atoms with Gasteiger partial charge in [-0.3, -0.25) is 10.1 Å². The van der Waals surface area contributed by atoms with Crippen molar-refractivity contribution in [1.82, 2.24) is 9.97 Å². The Hall–Kier alpha value is -2.82. The minimum atomic E-state index is -4.66. The molecule has 1 aliphatic heterocycles. The first kappa shape index (κ1) is 22.9. The number of morpholine rings is 1. The van der Waals surface area contributed by atoms with Crippen LogP contribution in [0.1, 0.15) is 17.9 Å². The smallest absolute Gasteiger partial charge is 0.335 e. The first-order chi connectivity index (χ1) is 14.7. The van der Waals surface area contributed by atoms with Crippen LogP contribution in [0.5, 0.6) is 0 Å². The Labute approximate surface area is 182 Å². The van der Waals surface area contributed by atoms with Gasteiger partial charge in [-0.05, 0) is 25.3 Å². The van der Waals surface area contributed by atoms with Crippen molar-refractivity contribution in [2.45, 2.75) is 28.3 Å². The molecule has 2 unspecified atom stereocenters. The van der Waals surface area contributed by atoms with Gasteiger partial charge in [0.15, 0.2) is 10.9 Å². The van der Waals surface area contributed by atoms with Gasteiger partial charge in [0.1, 0.15) is 10.7 Å². The van der Waals surface area contributed by atoms with Crippen molar-refractivity contribution < 1.29 is 22.5 Å². The van der Waals surface area contributed by atoms with E-state index >= 15 is 0 Å². The van der Waals surface area contributed by atoms with E-state index in [0.29, 0.717) is 6.61 Å². The minimum absolute atomic E-state index is 0.0544. The highest BCUT2D eigenvalue weighted by Crippen LogP contribution is 2.39. The molecule has 0 radical (unpaired) electrons. The van der Waals surface area contributed by atoms with E-state index in [1.54, 1.807) is 24.1 Å². The molecule has 0 saturated carbocycles. The first-order valence-electron chi connectivity index (χ1n) is 9.05. The summed E-state index contributed by atoms with van der Waals surface area (Å²) in [5, 5.41) is 19.7. The number of hydrogen-bond acceptors (Lipinski definition) is 10. The average molecular weight is 468 g/mol. The van der Waals surface area contributed by atoms with Gasteiger partial charge in [-0.25, -0.2) is 17.8 Å². The van der Waals surface area contributed by atoms with E-state index in [0.717, 1.165) is 23.9 Å². The molecule has 0 bridgehead atoms. The number of aromatic nitrogens is 2. The van der Waals surface area contributed by atoms with Crippen molar-refractivity contribution >= 4 is 33.1 Å². The predicted octanol–water partition coefficient (Wildman–Crippen LogP) is 2.51. The second kappa shape index (κ2) is 9.13. The van der Waals surface area contributed by atoms with Crippen molar-refractivity contribution in [2.75, 3.05) is 30.9 Å². The third-order valence-electron chi connectivity index (χ3n) is 4.60. The summed E-state index contributed by atoms with van der Waals surface area (Å²) < 4.78 is 45.9. The lowest BCUT2D eigenvalue weighted by Crippen LogP contribution is -2.42. The van der Waals surface area contributed by atoms with Gasteiger partial charge in [-0.2, -0.15) is 10.2 Å². The van der Waals surface area contributed by atoms with Crippen molar-refractivity contribution in [2.24, 2.45) is 0 Å². The molecule has 0 aliphatic carbocycles. The second-order valence-corrected chi connectivity index (χ2v) is 9.41. The van der Waals surface area contributed by atoms with Gasteiger partial charge in [-0.1, -0.05) is 23.9 Å². The number of ether oxygens (including phenoxy) is 1. The van der Waals surface area contributed by atoms with Crippen LogP contribution in [0.2, 0.25) is 0 Å². The molecule has 0 N–H and O–H groups in total. The van der Waals surface area contributed by atoms with Crippen molar-refractivity contribution in [3.63, 3.8) is 0 Å². The monoisotopic (exact) mass is 467 g/mol. The van der Waals surface area contributed by atoms with E-state index in [1.165, 1.54) is 12.1 Å². The molecule has 1 fully saturated rings. The number of benzene rings is 1. The maximum Gasteiger partial charge on any atom is 0.335 e. The summed E-state index contributed by atoms with van der Waals surface area (Å²) in [6.45, 7) is 2.65. The van der Waals surface area contributed by atoms with Crippen LogP contribution >= 0.6 is 11.8 Å². The lowest BCUT2D eigenvalue weighted by Gasteiger charge is -2.32. The molecule has 164 valence electrons. The Morgan fingerprint density at radius 3 is 2.71 bits per heavy atom. The number of rotatable bonds is 6. The van der Waals surface area contributed by atoms with Crippen LogP contribution in [0.25, 0.3) is 0 Å². The number of anilines is 1. The fourth-order valence-corrected chi connectivity index (χ4v) is 5.03.